The van der Waals surface area contributed by atoms with Gasteiger partial charge in [0.05, 0.1) is 17.8 Å². The number of fused-ring (bicyclic) bond motifs is 1. The van der Waals surface area contributed by atoms with E-state index in [1.807, 2.05) is 36.1 Å². The Balaban J connectivity index is 0.00000306. The second kappa shape index (κ2) is 10.3. The molecule has 2 aromatic carbocycles. The molecule has 33 heavy (non-hydrogen) atoms. The van der Waals surface area contributed by atoms with E-state index in [0.29, 0.717) is 30.8 Å². The lowest BCUT2D eigenvalue weighted by atomic mass is 10.1. The summed E-state index contributed by atoms with van der Waals surface area (Å²) in [6, 6.07) is 10.7. The lowest BCUT2D eigenvalue weighted by Gasteiger charge is -2.36. The van der Waals surface area contributed by atoms with Crippen LogP contribution in [0.1, 0.15) is 28.4 Å². The van der Waals surface area contributed by atoms with Gasteiger partial charge >= 0.3 is 5.97 Å². The van der Waals surface area contributed by atoms with Gasteiger partial charge in [0.1, 0.15) is 11.4 Å². The van der Waals surface area contributed by atoms with Crippen molar-refractivity contribution in [2.75, 3.05) is 31.1 Å². The Morgan fingerprint density at radius 1 is 1.06 bits per heavy atom. The van der Waals surface area contributed by atoms with Gasteiger partial charge in [-0.25, -0.2) is 9.18 Å². The van der Waals surface area contributed by atoms with Gasteiger partial charge in [-0.3, -0.25) is 9.69 Å². The average Bonchev–Trinajstić information content (AvgIpc) is 2.80. The van der Waals surface area contributed by atoms with E-state index in [1.165, 1.54) is 12.3 Å². The monoisotopic (exact) mass is 475 g/mol. The van der Waals surface area contributed by atoms with Gasteiger partial charge in [0, 0.05) is 50.9 Å². The number of carboxylic acids is 1. The van der Waals surface area contributed by atoms with Crippen molar-refractivity contribution in [1.29, 1.82) is 0 Å². The first kappa shape index (κ1) is 24.7. The summed E-state index contributed by atoms with van der Waals surface area (Å²) in [5, 5.41) is 18.6. The van der Waals surface area contributed by atoms with Crippen LogP contribution in [-0.2, 0) is 19.7 Å². The molecular formula is C24H27ClFN3O4. The fourth-order valence-corrected chi connectivity index (χ4v) is 4.21. The van der Waals surface area contributed by atoms with Gasteiger partial charge in [-0.1, -0.05) is 24.3 Å². The van der Waals surface area contributed by atoms with Crippen molar-refractivity contribution in [3.05, 3.63) is 75.3 Å². The fourth-order valence-electron chi connectivity index (χ4n) is 4.21. The Bertz CT molecular complexity index is 1210. The standard InChI is InChI=1S/C24H26FN3O4.ClH/c1-2-27-14-19(24(31)32)23(30)18-11-20(25)22(12-21(18)27)28-9-7-26(8-10-28)13-16-3-5-17(15-29)6-4-16;/h3-6,11-12,14,29H,2,7-10,13,15H2,1H3,(H,31,32);1H. The van der Waals surface area contributed by atoms with Crippen LogP contribution in [0.25, 0.3) is 10.9 Å². The minimum absolute atomic E-state index is 0. The summed E-state index contributed by atoms with van der Waals surface area (Å²) in [5.41, 5.74) is 1.98. The smallest absolute Gasteiger partial charge is 0.341 e. The number of pyridine rings is 1. The van der Waals surface area contributed by atoms with E-state index in [4.69, 9.17) is 0 Å². The highest BCUT2D eigenvalue weighted by atomic mass is 35.5. The number of anilines is 1. The van der Waals surface area contributed by atoms with Gasteiger partial charge in [0.25, 0.3) is 0 Å². The van der Waals surface area contributed by atoms with Gasteiger partial charge in [0.2, 0.25) is 5.43 Å². The molecule has 176 valence electrons. The number of nitrogens with zero attached hydrogens (tertiary/aromatic N) is 3. The maximum absolute atomic E-state index is 15.0. The molecule has 1 aliphatic rings. The highest BCUT2D eigenvalue weighted by molar-refractivity contribution is 5.93. The molecule has 1 saturated heterocycles. The molecule has 0 atom stereocenters. The minimum Gasteiger partial charge on any atom is -0.477 e. The van der Waals surface area contributed by atoms with Crippen LogP contribution >= 0.6 is 12.4 Å². The number of carbonyl (C=O) groups is 1. The largest absolute Gasteiger partial charge is 0.477 e. The summed E-state index contributed by atoms with van der Waals surface area (Å²) in [4.78, 5) is 28.2. The Labute approximate surface area is 197 Å². The first-order valence-corrected chi connectivity index (χ1v) is 10.7. The van der Waals surface area contributed by atoms with E-state index in [1.54, 1.807) is 10.6 Å². The lowest BCUT2D eigenvalue weighted by molar-refractivity contribution is 0.0695. The molecule has 2 N–H and O–H groups in total. The zero-order valence-electron chi connectivity index (χ0n) is 18.3. The van der Waals surface area contributed by atoms with Crippen LogP contribution in [0.3, 0.4) is 0 Å². The normalized spacial score (nSPS) is 14.3. The van der Waals surface area contributed by atoms with Crippen molar-refractivity contribution in [2.45, 2.75) is 26.6 Å². The second-order valence-corrected chi connectivity index (χ2v) is 8.02. The van der Waals surface area contributed by atoms with E-state index in [2.05, 4.69) is 4.90 Å². The number of carboxylic acid groups (broad SMARTS) is 1. The van der Waals surface area contributed by atoms with E-state index < -0.39 is 17.2 Å². The molecule has 1 aromatic heterocycles. The lowest BCUT2D eigenvalue weighted by Crippen LogP contribution is -2.46. The fraction of sp³-hybridized carbons (Fsp3) is 0.333. The molecule has 0 saturated carbocycles. The summed E-state index contributed by atoms with van der Waals surface area (Å²) in [7, 11) is 0. The number of piperazine rings is 1. The van der Waals surface area contributed by atoms with E-state index in [0.717, 1.165) is 30.8 Å². The molecule has 0 aliphatic carbocycles. The quantitative estimate of drug-likeness (QED) is 0.570. The third-order valence-corrected chi connectivity index (χ3v) is 6.04. The predicted molar refractivity (Wildman–Crippen MR) is 128 cm³/mol. The molecular weight excluding hydrogens is 449 g/mol. The van der Waals surface area contributed by atoms with Crippen LogP contribution in [0.15, 0.2) is 47.4 Å². The molecule has 4 rings (SSSR count). The van der Waals surface area contributed by atoms with Crippen molar-refractivity contribution in [2.24, 2.45) is 0 Å². The number of aromatic carboxylic acids is 1. The third kappa shape index (κ3) is 5.03. The number of hydrogen-bond acceptors (Lipinski definition) is 5. The summed E-state index contributed by atoms with van der Waals surface area (Å²) in [6.07, 6.45) is 1.33. The summed E-state index contributed by atoms with van der Waals surface area (Å²) < 4.78 is 16.7. The highest BCUT2D eigenvalue weighted by Gasteiger charge is 2.22. The first-order chi connectivity index (χ1) is 15.4. The molecule has 0 bridgehead atoms. The van der Waals surface area contributed by atoms with Crippen LogP contribution in [0.4, 0.5) is 10.1 Å². The summed E-state index contributed by atoms with van der Waals surface area (Å²) in [6.45, 7) is 5.93. The second-order valence-electron chi connectivity index (χ2n) is 8.02. The maximum Gasteiger partial charge on any atom is 0.341 e. The van der Waals surface area contributed by atoms with Crippen molar-refractivity contribution in [3.8, 4) is 0 Å². The first-order valence-electron chi connectivity index (χ1n) is 10.7. The van der Waals surface area contributed by atoms with Crippen molar-refractivity contribution in [1.82, 2.24) is 9.47 Å². The molecule has 7 nitrogen and oxygen atoms in total. The number of halogens is 2. The van der Waals surface area contributed by atoms with Gasteiger partial charge in [-0.05, 0) is 30.2 Å². The van der Waals surface area contributed by atoms with Crippen LogP contribution in [-0.4, -0.2) is 51.8 Å². The number of rotatable bonds is 6. The van der Waals surface area contributed by atoms with Crippen molar-refractivity contribution >= 4 is 35.0 Å². The Kier molecular flexibility index (Phi) is 7.73. The molecule has 1 aliphatic heterocycles. The van der Waals surface area contributed by atoms with Gasteiger partial charge < -0.3 is 19.7 Å². The number of aliphatic hydroxyl groups is 1. The zero-order valence-corrected chi connectivity index (χ0v) is 19.1. The highest BCUT2D eigenvalue weighted by Crippen LogP contribution is 2.26. The number of aryl methyl sites for hydroxylation is 1. The zero-order chi connectivity index (χ0) is 22.8. The molecule has 3 aromatic rings. The number of aliphatic hydroxyl groups excluding tert-OH is 1. The molecule has 0 radical (unpaired) electrons. The number of benzene rings is 2. The molecule has 2 heterocycles. The summed E-state index contributed by atoms with van der Waals surface area (Å²) in [5.74, 6) is -1.83. The van der Waals surface area contributed by atoms with Crippen LogP contribution in [0.5, 0.6) is 0 Å². The van der Waals surface area contributed by atoms with Crippen LogP contribution in [0, 0.1) is 5.82 Å². The van der Waals surface area contributed by atoms with Gasteiger partial charge in [0.15, 0.2) is 0 Å². The number of aromatic nitrogens is 1. The molecule has 0 amide bonds. The van der Waals surface area contributed by atoms with Crippen molar-refractivity contribution in [3.63, 3.8) is 0 Å². The third-order valence-electron chi connectivity index (χ3n) is 6.04. The van der Waals surface area contributed by atoms with Gasteiger partial charge in [-0.15, -0.1) is 12.4 Å². The Morgan fingerprint density at radius 3 is 2.27 bits per heavy atom. The van der Waals surface area contributed by atoms with E-state index in [-0.39, 0.29) is 30.0 Å². The molecule has 1 fully saturated rings. The minimum atomic E-state index is -1.31. The predicted octanol–water partition coefficient (Wildman–Crippen LogP) is 3.10. The number of hydrogen-bond donors (Lipinski definition) is 2. The SMILES string of the molecule is CCn1cc(C(=O)O)c(=O)c2cc(F)c(N3CCN(Cc4ccc(CO)cc4)CC3)cc21.Cl. The topological polar surface area (TPSA) is 86.0 Å². The molecule has 0 spiro atoms. The van der Waals surface area contributed by atoms with Crippen LogP contribution in [0.2, 0.25) is 0 Å². The maximum atomic E-state index is 15.0. The summed E-state index contributed by atoms with van der Waals surface area (Å²) >= 11 is 0. The van der Waals surface area contributed by atoms with E-state index >= 15 is 0 Å². The van der Waals surface area contributed by atoms with E-state index in [9.17, 15) is 24.2 Å². The molecule has 0 unspecified atom stereocenters. The Hall–Kier alpha value is -2.94. The van der Waals surface area contributed by atoms with Crippen LogP contribution < -0.4 is 10.3 Å². The van der Waals surface area contributed by atoms with Crippen molar-refractivity contribution < 1.29 is 19.4 Å². The molecule has 9 heteroatoms. The van der Waals surface area contributed by atoms with Gasteiger partial charge in [-0.2, -0.15) is 0 Å². The average molecular weight is 476 g/mol. The Morgan fingerprint density at radius 2 is 1.70 bits per heavy atom.